The maximum absolute atomic E-state index is 12.6. The van der Waals surface area contributed by atoms with Gasteiger partial charge >= 0.3 is 0 Å². The van der Waals surface area contributed by atoms with Crippen molar-refractivity contribution < 1.29 is 13.6 Å². The largest absolute Gasteiger partial charge is 0.507 e. The van der Waals surface area contributed by atoms with Crippen molar-refractivity contribution in [3.8, 4) is 67.5 Å². The molecule has 0 unspecified atom stereocenters. The number of imidazole rings is 1. The van der Waals surface area contributed by atoms with Gasteiger partial charge in [0.15, 0.2) is 0 Å². The molecular weight excluding hydrogens is 807 g/mol. The van der Waals surface area contributed by atoms with Gasteiger partial charge in [-0.15, -0.1) is 0 Å². The monoisotopic (exact) mass is 866 g/mol. The summed E-state index contributed by atoms with van der Waals surface area (Å²) in [4.78, 5) is 10.6. The number of benzene rings is 7. The van der Waals surface area contributed by atoms with Crippen molar-refractivity contribution in [3.63, 3.8) is 0 Å². The van der Waals surface area contributed by atoms with Crippen molar-refractivity contribution in [1.82, 2.24) is 14.5 Å². The highest BCUT2D eigenvalue weighted by atomic mass is 16.3. The molecule has 10 rings (SSSR count). The number of hydrogen-bond donors (Lipinski definition) is 1. The molecule has 0 radical (unpaired) electrons. The van der Waals surface area contributed by atoms with E-state index in [0.29, 0.717) is 28.2 Å². The standard InChI is InChI=1S/C61H57N3O2/c1-37-23-25-38(26-24-37)40-29-30-62-51(33-40)48-32-41(31-47-45-19-14-15-22-54(45)66-57(47)48)44-20-16-21-53-55(44)63-58(49-35-43(60(5,6)7)36-50(56(49)65)61(8,9)10)64(53)52-28-27-42(59(2,3)4)34-46(52)39-17-12-11-13-18-39/h11-36,65H,1-10H3/i1D3. The normalized spacial score (nSPS) is 13.3. The Balaban J connectivity index is 1.28. The molecule has 0 spiro atoms. The van der Waals surface area contributed by atoms with Crippen LogP contribution in [0, 0.1) is 6.85 Å². The second kappa shape index (κ2) is 15.7. The Hall–Kier alpha value is -7.24. The lowest BCUT2D eigenvalue weighted by atomic mass is 9.79. The van der Waals surface area contributed by atoms with Gasteiger partial charge in [0.05, 0.1) is 28.0 Å². The summed E-state index contributed by atoms with van der Waals surface area (Å²) in [6, 6.07) is 51.3. The molecule has 0 aliphatic carbocycles. The number of furan rings is 1. The predicted octanol–water partition coefficient (Wildman–Crippen LogP) is 16.6. The highest BCUT2D eigenvalue weighted by molar-refractivity contribution is 6.12. The minimum absolute atomic E-state index is 0.109. The van der Waals surface area contributed by atoms with Crippen molar-refractivity contribution >= 4 is 33.0 Å². The number of nitrogens with zero attached hydrogens (tertiary/aromatic N) is 3. The van der Waals surface area contributed by atoms with E-state index in [4.69, 9.17) is 18.5 Å². The number of phenols is 1. The Morgan fingerprint density at radius 2 is 1.27 bits per heavy atom. The average molecular weight is 867 g/mol. The Labute approximate surface area is 392 Å². The van der Waals surface area contributed by atoms with Crippen LogP contribution >= 0.6 is 0 Å². The summed E-state index contributed by atoms with van der Waals surface area (Å²) in [5.41, 5.74) is 14.8. The molecule has 3 aromatic heterocycles. The summed E-state index contributed by atoms with van der Waals surface area (Å²) < 4.78 is 32.6. The fourth-order valence-electron chi connectivity index (χ4n) is 9.21. The van der Waals surface area contributed by atoms with E-state index in [1.165, 1.54) is 5.56 Å². The van der Waals surface area contributed by atoms with Crippen LogP contribution in [0.1, 0.15) is 88.7 Å². The molecule has 0 fully saturated rings. The van der Waals surface area contributed by atoms with E-state index in [1.54, 1.807) is 18.3 Å². The molecule has 7 aromatic carbocycles. The molecule has 1 N–H and O–H groups in total. The molecule has 0 aliphatic rings. The minimum Gasteiger partial charge on any atom is -0.507 e. The average Bonchev–Trinajstić information content (AvgIpc) is 3.89. The Bertz CT molecular complexity index is 3600. The third kappa shape index (κ3) is 7.56. The Morgan fingerprint density at radius 3 is 2.00 bits per heavy atom. The van der Waals surface area contributed by atoms with E-state index in [-0.39, 0.29) is 22.0 Å². The van der Waals surface area contributed by atoms with Gasteiger partial charge in [-0.3, -0.25) is 9.55 Å². The number of hydrogen-bond acceptors (Lipinski definition) is 4. The fourth-order valence-corrected chi connectivity index (χ4v) is 9.21. The number of aryl methyl sites for hydroxylation is 1. The maximum Gasteiger partial charge on any atom is 0.149 e. The number of rotatable bonds is 6. The van der Waals surface area contributed by atoms with Crippen molar-refractivity contribution in [2.75, 3.05) is 0 Å². The van der Waals surface area contributed by atoms with Crippen LogP contribution in [0.4, 0.5) is 0 Å². The summed E-state index contributed by atoms with van der Waals surface area (Å²) in [6.07, 6.45) is 1.79. The van der Waals surface area contributed by atoms with Gasteiger partial charge < -0.3 is 9.52 Å². The van der Waals surface area contributed by atoms with Crippen molar-refractivity contribution in [3.05, 3.63) is 180 Å². The topological polar surface area (TPSA) is 64.1 Å². The van der Waals surface area contributed by atoms with E-state index >= 15 is 0 Å². The van der Waals surface area contributed by atoms with Crippen LogP contribution in [-0.4, -0.2) is 19.6 Å². The van der Waals surface area contributed by atoms with Crippen LogP contribution in [0.5, 0.6) is 5.75 Å². The second-order valence-electron chi connectivity index (χ2n) is 20.7. The molecular formula is C61H57N3O2. The van der Waals surface area contributed by atoms with E-state index < -0.39 is 6.85 Å². The Kier molecular flexibility index (Phi) is 9.33. The first-order valence-electron chi connectivity index (χ1n) is 24.3. The van der Waals surface area contributed by atoms with Gasteiger partial charge in [-0.25, -0.2) is 4.98 Å². The number of aromatic hydroxyl groups is 1. The third-order valence-corrected chi connectivity index (χ3v) is 12.9. The second-order valence-corrected chi connectivity index (χ2v) is 20.7. The molecule has 0 saturated heterocycles. The number of phenolic OH excluding ortho intramolecular Hbond substituents is 1. The van der Waals surface area contributed by atoms with Crippen LogP contribution < -0.4 is 0 Å². The van der Waals surface area contributed by atoms with E-state index in [0.717, 1.165) is 83.1 Å². The van der Waals surface area contributed by atoms with Gasteiger partial charge in [0, 0.05) is 43.3 Å². The quantitative estimate of drug-likeness (QED) is 0.181. The molecule has 0 aliphatic heterocycles. The zero-order valence-electron chi connectivity index (χ0n) is 42.2. The van der Waals surface area contributed by atoms with E-state index in [9.17, 15) is 5.11 Å². The van der Waals surface area contributed by atoms with Crippen molar-refractivity contribution in [1.29, 1.82) is 0 Å². The van der Waals surface area contributed by atoms with Gasteiger partial charge in [0.25, 0.3) is 0 Å². The van der Waals surface area contributed by atoms with Gasteiger partial charge in [-0.2, -0.15) is 0 Å². The smallest absolute Gasteiger partial charge is 0.149 e. The first-order valence-corrected chi connectivity index (χ1v) is 22.8. The minimum atomic E-state index is -2.19. The van der Waals surface area contributed by atoms with Crippen LogP contribution in [-0.2, 0) is 16.2 Å². The molecule has 5 heteroatoms. The zero-order chi connectivity index (χ0) is 48.8. The summed E-state index contributed by atoms with van der Waals surface area (Å²) in [5.74, 6) is 0.856. The number of aromatic nitrogens is 3. The van der Waals surface area contributed by atoms with Crippen LogP contribution in [0.3, 0.4) is 0 Å². The lowest BCUT2D eigenvalue weighted by Crippen LogP contribution is -2.17. The predicted molar refractivity (Wildman–Crippen MR) is 276 cm³/mol. The van der Waals surface area contributed by atoms with Crippen LogP contribution in [0.2, 0.25) is 0 Å². The number of pyridine rings is 1. The third-order valence-electron chi connectivity index (χ3n) is 12.9. The van der Waals surface area contributed by atoms with Gasteiger partial charge in [-0.05, 0) is 111 Å². The molecule has 10 aromatic rings. The summed E-state index contributed by atoms with van der Waals surface area (Å²) in [6.45, 7) is 17.6. The molecule has 66 heavy (non-hydrogen) atoms. The number of para-hydroxylation sites is 2. The van der Waals surface area contributed by atoms with Crippen LogP contribution in [0.15, 0.2) is 162 Å². The zero-order valence-corrected chi connectivity index (χ0v) is 39.2. The Morgan fingerprint density at radius 1 is 0.545 bits per heavy atom. The van der Waals surface area contributed by atoms with E-state index in [2.05, 4.69) is 158 Å². The molecule has 0 saturated carbocycles. The maximum atomic E-state index is 12.6. The molecule has 0 amide bonds. The molecule has 5 nitrogen and oxygen atoms in total. The highest BCUT2D eigenvalue weighted by Crippen LogP contribution is 2.47. The van der Waals surface area contributed by atoms with Gasteiger partial charge in [0.2, 0.25) is 0 Å². The van der Waals surface area contributed by atoms with Crippen LogP contribution in [0.25, 0.3) is 94.7 Å². The molecule has 3 heterocycles. The fraction of sp³-hybridized carbons (Fsp3) is 0.213. The molecule has 328 valence electrons. The lowest BCUT2D eigenvalue weighted by Gasteiger charge is -2.28. The van der Waals surface area contributed by atoms with Crippen molar-refractivity contribution in [2.24, 2.45) is 0 Å². The highest BCUT2D eigenvalue weighted by Gasteiger charge is 2.30. The van der Waals surface area contributed by atoms with Crippen molar-refractivity contribution in [2.45, 2.75) is 85.4 Å². The summed E-state index contributed by atoms with van der Waals surface area (Å²) in [7, 11) is 0. The lowest BCUT2D eigenvalue weighted by molar-refractivity contribution is 0.446. The van der Waals surface area contributed by atoms with E-state index in [1.807, 2.05) is 48.5 Å². The summed E-state index contributed by atoms with van der Waals surface area (Å²) in [5, 5.41) is 14.5. The molecule has 0 bridgehead atoms. The SMILES string of the molecule is [2H]C([2H])([2H])c1ccc(-c2ccnc(-c3cc(-c4cccc5c4nc(-c4cc(C(C)(C)C)cc(C(C)(C)C)c4O)n5-c4ccc(C(C)(C)C)cc4-c4ccccc4)cc4c3oc3ccccc34)c2)cc1. The molecule has 0 atom stereocenters. The summed E-state index contributed by atoms with van der Waals surface area (Å²) >= 11 is 0. The first-order chi connectivity index (χ1) is 32.6. The first kappa shape index (κ1) is 39.2. The van der Waals surface area contributed by atoms with Gasteiger partial charge in [-0.1, -0.05) is 165 Å². The number of fused-ring (bicyclic) bond motifs is 4. The van der Waals surface area contributed by atoms with Gasteiger partial charge in [0.1, 0.15) is 22.7 Å².